The molecule has 1 amide bonds. The third kappa shape index (κ3) is 6.19. The average molecular weight is 349 g/mol. The number of carbonyl (C=O) groups excluding carboxylic acids is 2. The second kappa shape index (κ2) is 9.17. The molecule has 1 N–H and O–H groups in total. The van der Waals surface area contributed by atoms with E-state index in [1.54, 1.807) is 29.2 Å². The molecule has 1 aliphatic heterocycles. The van der Waals surface area contributed by atoms with Gasteiger partial charge in [0.2, 0.25) is 5.91 Å². The van der Waals surface area contributed by atoms with E-state index in [4.69, 9.17) is 14.6 Å². The minimum absolute atomic E-state index is 0.00357. The van der Waals surface area contributed by atoms with Crippen molar-refractivity contribution in [3.05, 3.63) is 29.8 Å². The molecule has 1 saturated heterocycles. The van der Waals surface area contributed by atoms with Crippen LogP contribution in [0.2, 0.25) is 0 Å². The van der Waals surface area contributed by atoms with Crippen LogP contribution in [-0.4, -0.2) is 60.1 Å². The SMILES string of the molecule is CC(=O)c1ccc(OCCCC(=O)N2CCOC(CC(=O)O)C2)cc1. The number of morpholine rings is 1. The highest BCUT2D eigenvalue weighted by molar-refractivity contribution is 5.94. The number of aliphatic carboxylic acids is 1. The first-order chi connectivity index (χ1) is 12.0. The molecule has 0 spiro atoms. The van der Waals surface area contributed by atoms with Crippen molar-refractivity contribution in [3.8, 4) is 5.75 Å². The molecule has 0 radical (unpaired) electrons. The lowest BCUT2D eigenvalue weighted by atomic mass is 10.1. The van der Waals surface area contributed by atoms with Crippen LogP contribution in [0.15, 0.2) is 24.3 Å². The predicted molar refractivity (Wildman–Crippen MR) is 89.7 cm³/mol. The number of Topliss-reactive ketones (excluding diaryl/α,β-unsaturated/α-hetero) is 1. The van der Waals surface area contributed by atoms with E-state index in [0.717, 1.165) is 0 Å². The lowest BCUT2D eigenvalue weighted by Crippen LogP contribution is -2.46. The maximum absolute atomic E-state index is 12.2. The summed E-state index contributed by atoms with van der Waals surface area (Å²) in [6.07, 6.45) is 0.370. The molecule has 1 aromatic rings. The third-order valence-corrected chi connectivity index (χ3v) is 3.96. The second-order valence-corrected chi connectivity index (χ2v) is 5.96. The molecule has 1 heterocycles. The van der Waals surface area contributed by atoms with E-state index in [2.05, 4.69) is 0 Å². The van der Waals surface area contributed by atoms with Crippen LogP contribution in [0.5, 0.6) is 5.75 Å². The number of carboxylic acid groups (broad SMARTS) is 1. The zero-order valence-corrected chi connectivity index (χ0v) is 14.3. The van der Waals surface area contributed by atoms with Gasteiger partial charge in [-0.1, -0.05) is 0 Å². The highest BCUT2D eigenvalue weighted by Gasteiger charge is 2.25. The third-order valence-electron chi connectivity index (χ3n) is 3.96. The highest BCUT2D eigenvalue weighted by atomic mass is 16.5. The van der Waals surface area contributed by atoms with Gasteiger partial charge in [-0.2, -0.15) is 0 Å². The van der Waals surface area contributed by atoms with E-state index in [-0.39, 0.29) is 18.1 Å². The van der Waals surface area contributed by atoms with Gasteiger partial charge in [-0.25, -0.2) is 0 Å². The molecule has 7 heteroatoms. The summed E-state index contributed by atoms with van der Waals surface area (Å²) in [5.41, 5.74) is 0.630. The Morgan fingerprint density at radius 1 is 1.28 bits per heavy atom. The molecule has 1 atom stereocenters. The number of amides is 1. The van der Waals surface area contributed by atoms with Gasteiger partial charge >= 0.3 is 5.97 Å². The number of nitrogens with zero attached hydrogens (tertiary/aromatic N) is 1. The fourth-order valence-electron chi connectivity index (χ4n) is 2.62. The highest BCUT2D eigenvalue weighted by Crippen LogP contribution is 2.14. The van der Waals surface area contributed by atoms with Crippen molar-refractivity contribution < 1.29 is 29.0 Å². The molecule has 0 aliphatic carbocycles. The van der Waals surface area contributed by atoms with E-state index in [1.807, 2.05) is 0 Å². The second-order valence-electron chi connectivity index (χ2n) is 5.96. The van der Waals surface area contributed by atoms with Crippen molar-refractivity contribution in [3.63, 3.8) is 0 Å². The number of ketones is 1. The van der Waals surface area contributed by atoms with Crippen LogP contribution in [0.25, 0.3) is 0 Å². The molecule has 25 heavy (non-hydrogen) atoms. The fourth-order valence-corrected chi connectivity index (χ4v) is 2.62. The molecular formula is C18H23NO6. The molecule has 0 aromatic heterocycles. The van der Waals surface area contributed by atoms with Gasteiger partial charge in [0.25, 0.3) is 0 Å². The molecule has 0 bridgehead atoms. The first-order valence-corrected chi connectivity index (χ1v) is 8.30. The number of hydrogen-bond acceptors (Lipinski definition) is 5. The van der Waals surface area contributed by atoms with E-state index in [0.29, 0.717) is 50.5 Å². The average Bonchev–Trinajstić information content (AvgIpc) is 2.58. The smallest absolute Gasteiger partial charge is 0.306 e. The monoisotopic (exact) mass is 349 g/mol. The van der Waals surface area contributed by atoms with E-state index >= 15 is 0 Å². The number of ether oxygens (including phenoxy) is 2. The minimum atomic E-state index is -0.927. The van der Waals surface area contributed by atoms with Crippen molar-refractivity contribution in [1.29, 1.82) is 0 Å². The standard InChI is InChI=1S/C18H23NO6/c1-13(20)14-4-6-15(7-5-14)24-9-2-3-17(21)19-8-10-25-16(12-19)11-18(22)23/h4-7,16H,2-3,8-12H2,1H3,(H,22,23). The van der Waals surface area contributed by atoms with Crippen molar-refractivity contribution in [2.45, 2.75) is 32.3 Å². The van der Waals surface area contributed by atoms with Crippen molar-refractivity contribution in [1.82, 2.24) is 4.90 Å². The van der Waals surface area contributed by atoms with Gasteiger partial charge in [-0.3, -0.25) is 14.4 Å². The lowest BCUT2D eigenvalue weighted by Gasteiger charge is -2.32. The lowest BCUT2D eigenvalue weighted by molar-refractivity contribution is -0.147. The van der Waals surface area contributed by atoms with Crippen LogP contribution in [0, 0.1) is 0 Å². The molecule has 1 unspecified atom stereocenters. The summed E-state index contributed by atoms with van der Waals surface area (Å²) in [4.78, 5) is 35.8. The normalized spacial score (nSPS) is 17.2. The molecule has 0 saturated carbocycles. The molecule has 136 valence electrons. The number of benzene rings is 1. The zero-order chi connectivity index (χ0) is 18.2. The molecule has 1 aromatic carbocycles. The Balaban J connectivity index is 1.69. The van der Waals surface area contributed by atoms with Crippen LogP contribution >= 0.6 is 0 Å². The van der Waals surface area contributed by atoms with Gasteiger partial charge in [0, 0.05) is 25.1 Å². The topological polar surface area (TPSA) is 93.1 Å². The fraction of sp³-hybridized carbons (Fsp3) is 0.500. The Kier molecular flexibility index (Phi) is 6.94. The Morgan fingerprint density at radius 3 is 2.64 bits per heavy atom. The summed E-state index contributed by atoms with van der Waals surface area (Å²) < 4.78 is 10.9. The largest absolute Gasteiger partial charge is 0.494 e. The summed E-state index contributed by atoms with van der Waals surface area (Å²) in [5.74, 6) is -0.285. The predicted octanol–water partition coefficient (Wildman–Crippen LogP) is 1.75. The number of carbonyl (C=O) groups is 3. The van der Waals surface area contributed by atoms with Crippen molar-refractivity contribution in [2.24, 2.45) is 0 Å². The van der Waals surface area contributed by atoms with E-state index in [9.17, 15) is 14.4 Å². The van der Waals surface area contributed by atoms with Gasteiger partial charge in [0.1, 0.15) is 5.75 Å². The van der Waals surface area contributed by atoms with Gasteiger partial charge in [-0.05, 0) is 37.6 Å². The van der Waals surface area contributed by atoms with Crippen LogP contribution in [0.3, 0.4) is 0 Å². The van der Waals surface area contributed by atoms with Gasteiger partial charge in [0.15, 0.2) is 5.78 Å². The summed E-state index contributed by atoms with van der Waals surface area (Å²) >= 11 is 0. The quantitative estimate of drug-likeness (QED) is 0.568. The zero-order valence-electron chi connectivity index (χ0n) is 14.3. The van der Waals surface area contributed by atoms with E-state index < -0.39 is 12.1 Å². The van der Waals surface area contributed by atoms with Crippen molar-refractivity contribution in [2.75, 3.05) is 26.3 Å². The number of carboxylic acids is 1. The van der Waals surface area contributed by atoms with Gasteiger partial charge < -0.3 is 19.5 Å². The molecule has 2 rings (SSSR count). The Labute approximate surface area is 146 Å². The number of rotatable bonds is 8. The molecule has 1 fully saturated rings. The molecule has 7 nitrogen and oxygen atoms in total. The van der Waals surface area contributed by atoms with E-state index in [1.165, 1.54) is 6.92 Å². The first kappa shape index (κ1) is 18.9. The Hall–Kier alpha value is -2.41. The maximum atomic E-state index is 12.2. The van der Waals surface area contributed by atoms with Gasteiger partial charge in [0.05, 0.1) is 25.7 Å². The van der Waals surface area contributed by atoms with Crippen LogP contribution in [-0.2, 0) is 14.3 Å². The Bertz CT molecular complexity index is 612. The van der Waals surface area contributed by atoms with Crippen molar-refractivity contribution >= 4 is 17.7 Å². The Morgan fingerprint density at radius 2 is 2.00 bits per heavy atom. The molecule has 1 aliphatic rings. The van der Waals surface area contributed by atoms with Crippen LogP contribution < -0.4 is 4.74 Å². The molecular weight excluding hydrogens is 326 g/mol. The summed E-state index contributed by atoms with van der Waals surface area (Å²) in [6, 6.07) is 6.88. The van der Waals surface area contributed by atoms with Crippen LogP contribution in [0.1, 0.15) is 36.5 Å². The number of hydrogen-bond donors (Lipinski definition) is 1. The summed E-state index contributed by atoms with van der Waals surface area (Å²) in [5, 5.41) is 8.80. The van der Waals surface area contributed by atoms with Gasteiger partial charge in [-0.15, -0.1) is 0 Å². The maximum Gasteiger partial charge on any atom is 0.306 e. The van der Waals surface area contributed by atoms with Crippen LogP contribution in [0.4, 0.5) is 0 Å². The first-order valence-electron chi connectivity index (χ1n) is 8.30. The summed E-state index contributed by atoms with van der Waals surface area (Å²) in [7, 11) is 0. The summed E-state index contributed by atoms with van der Waals surface area (Å²) in [6.45, 7) is 3.08. The minimum Gasteiger partial charge on any atom is -0.494 e.